The molecule has 3 atom stereocenters. The van der Waals surface area contributed by atoms with Gasteiger partial charge in [-0.15, -0.1) is 0 Å². The van der Waals surface area contributed by atoms with Crippen LogP contribution in [0.5, 0.6) is 0 Å². The third kappa shape index (κ3) is 4.74. The van der Waals surface area contributed by atoms with Gasteiger partial charge in [0.1, 0.15) is 23.3 Å². The molecule has 178 valence electrons. The zero-order valence-corrected chi connectivity index (χ0v) is 19.1. The summed E-state index contributed by atoms with van der Waals surface area (Å²) in [6.07, 6.45) is 0.428. The zero-order valence-electron chi connectivity index (χ0n) is 18.3. The number of hydrogen-bond acceptors (Lipinski definition) is 6. The number of nitrogens with zero attached hydrogens (tertiary/aromatic N) is 1. The Hall–Kier alpha value is -3.11. The number of benzene rings is 2. The number of rotatable bonds is 5. The molecular weight excluding hydrogens is 465 g/mol. The van der Waals surface area contributed by atoms with Crippen LogP contribution in [0.4, 0.5) is 13.2 Å². The van der Waals surface area contributed by atoms with Gasteiger partial charge in [0.15, 0.2) is 11.0 Å². The topological polar surface area (TPSA) is 86.6 Å². The number of amides is 1. The fourth-order valence-corrected chi connectivity index (χ4v) is 5.33. The molecule has 0 unspecified atom stereocenters. The van der Waals surface area contributed by atoms with Crippen LogP contribution in [0, 0.1) is 23.0 Å². The van der Waals surface area contributed by atoms with E-state index in [4.69, 9.17) is 15.1 Å². The molecule has 4 rings (SSSR count). The molecule has 1 fully saturated rings. The summed E-state index contributed by atoms with van der Waals surface area (Å²) in [5.41, 5.74) is -1.01. The first-order chi connectivity index (χ1) is 16.3. The SMILES string of the molecule is CN/C=C(/F)C(=N)[C@H]1C[C@H]2CSC(NC(=O)c3ccccc3)=N[C@@]2(c2ccc(F)cc2F)CO1. The van der Waals surface area contributed by atoms with Gasteiger partial charge < -0.3 is 15.4 Å². The van der Waals surface area contributed by atoms with Crippen molar-refractivity contribution in [2.45, 2.75) is 18.1 Å². The molecule has 3 N–H and O–H groups in total. The predicted molar refractivity (Wildman–Crippen MR) is 126 cm³/mol. The minimum Gasteiger partial charge on any atom is -0.392 e. The first-order valence-corrected chi connectivity index (χ1v) is 11.6. The first-order valence-electron chi connectivity index (χ1n) is 10.6. The van der Waals surface area contributed by atoms with Crippen LogP contribution in [0.15, 0.2) is 65.6 Å². The average Bonchev–Trinajstić information content (AvgIpc) is 2.83. The van der Waals surface area contributed by atoms with Crippen LogP contribution in [0.3, 0.4) is 0 Å². The molecule has 2 aromatic carbocycles. The third-order valence-electron chi connectivity index (χ3n) is 5.91. The van der Waals surface area contributed by atoms with Crippen molar-refractivity contribution in [3.63, 3.8) is 0 Å². The summed E-state index contributed by atoms with van der Waals surface area (Å²) in [4.78, 5) is 17.4. The second kappa shape index (κ2) is 10.0. The van der Waals surface area contributed by atoms with E-state index in [0.29, 0.717) is 11.3 Å². The van der Waals surface area contributed by atoms with E-state index in [2.05, 4.69) is 10.6 Å². The lowest BCUT2D eigenvalue weighted by molar-refractivity contribution is -0.0259. The van der Waals surface area contributed by atoms with E-state index < -0.39 is 29.1 Å². The standard InChI is InChI=1S/C24H23F3N4O2S/c1-29-11-19(27)21(28)20-9-15-12-34-23(30-22(32)14-5-3-2-4-6-14)31-24(15,13-33-20)17-8-7-16(25)10-18(17)26/h2-8,10-11,15,20,28-29H,9,12-13H2,1H3,(H,30,31,32)/b19-11+,28-21?/t15-,20+,24-/m0/s1. The van der Waals surface area contributed by atoms with Gasteiger partial charge in [0.05, 0.1) is 12.3 Å². The van der Waals surface area contributed by atoms with E-state index in [9.17, 15) is 18.0 Å². The van der Waals surface area contributed by atoms with Crippen molar-refractivity contribution >= 4 is 28.5 Å². The van der Waals surface area contributed by atoms with Crippen LogP contribution in [-0.4, -0.2) is 42.3 Å². The lowest BCUT2D eigenvalue weighted by atomic mass is 9.74. The monoisotopic (exact) mass is 488 g/mol. The van der Waals surface area contributed by atoms with Crippen molar-refractivity contribution in [1.29, 1.82) is 5.41 Å². The van der Waals surface area contributed by atoms with Gasteiger partial charge in [-0.1, -0.05) is 36.0 Å². The molecule has 1 amide bonds. The van der Waals surface area contributed by atoms with Crippen LogP contribution < -0.4 is 10.6 Å². The molecule has 0 spiro atoms. The van der Waals surface area contributed by atoms with Gasteiger partial charge in [0.2, 0.25) is 0 Å². The van der Waals surface area contributed by atoms with Crippen molar-refractivity contribution in [2.24, 2.45) is 10.9 Å². The van der Waals surface area contributed by atoms with Gasteiger partial charge in [-0.3, -0.25) is 10.2 Å². The summed E-state index contributed by atoms with van der Waals surface area (Å²) >= 11 is 1.28. The summed E-state index contributed by atoms with van der Waals surface area (Å²) in [6.45, 7) is -0.161. The maximum absolute atomic E-state index is 15.0. The Balaban J connectivity index is 1.68. The normalized spacial score (nSPS) is 24.6. The molecule has 2 heterocycles. The summed E-state index contributed by atoms with van der Waals surface area (Å²) in [5, 5.41) is 13.7. The number of hydrogen-bond donors (Lipinski definition) is 3. The van der Waals surface area contributed by atoms with Gasteiger partial charge in [-0.25, -0.2) is 18.2 Å². The van der Waals surface area contributed by atoms with Gasteiger partial charge in [0.25, 0.3) is 5.91 Å². The Labute approximate surface area is 199 Å². The number of halogens is 3. The van der Waals surface area contributed by atoms with Crippen LogP contribution >= 0.6 is 11.8 Å². The number of ether oxygens (including phenoxy) is 1. The quantitative estimate of drug-likeness (QED) is 0.552. The highest BCUT2D eigenvalue weighted by atomic mass is 32.2. The summed E-state index contributed by atoms with van der Waals surface area (Å²) in [7, 11) is 1.52. The average molecular weight is 489 g/mol. The molecule has 1 saturated heterocycles. The molecule has 10 heteroatoms. The second-order valence-electron chi connectivity index (χ2n) is 8.02. The minimum absolute atomic E-state index is 0.127. The number of carbonyl (C=O) groups excluding carboxylic acids is 1. The molecule has 2 aliphatic rings. The molecule has 6 nitrogen and oxygen atoms in total. The summed E-state index contributed by atoms with van der Waals surface area (Å²) in [5.74, 6) is -2.57. The lowest BCUT2D eigenvalue weighted by Crippen LogP contribution is -2.52. The van der Waals surface area contributed by atoms with Crippen molar-refractivity contribution in [3.8, 4) is 0 Å². The lowest BCUT2D eigenvalue weighted by Gasteiger charge is -2.46. The summed E-state index contributed by atoms with van der Waals surface area (Å²) < 4.78 is 48.7. The van der Waals surface area contributed by atoms with E-state index in [0.717, 1.165) is 18.3 Å². The summed E-state index contributed by atoms with van der Waals surface area (Å²) in [6, 6.07) is 11.8. The fourth-order valence-electron chi connectivity index (χ4n) is 4.17. The fraction of sp³-hybridized carbons (Fsp3) is 0.292. The van der Waals surface area contributed by atoms with E-state index >= 15 is 0 Å². The minimum atomic E-state index is -1.26. The maximum atomic E-state index is 15.0. The number of thioether (sulfide) groups is 1. The van der Waals surface area contributed by atoms with E-state index in [-0.39, 0.29) is 41.3 Å². The number of aliphatic imine (C=N–C) groups is 1. The van der Waals surface area contributed by atoms with Gasteiger partial charge >= 0.3 is 0 Å². The third-order valence-corrected chi connectivity index (χ3v) is 6.94. The highest BCUT2D eigenvalue weighted by Gasteiger charge is 2.50. The van der Waals surface area contributed by atoms with Gasteiger partial charge in [-0.2, -0.15) is 0 Å². The van der Waals surface area contributed by atoms with Crippen molar-refractivity contribution < 1.29 is 22.7 Å². The van der Waals surface area contributed by atoms with Crippen molar-refractivity contribution in [1.82, 2.24) is 10.6 Å². The maximum Gasteiger partial charge on any atom is 0.257 e. The molecule has 0 radical (unpaired) electrons. The van der Waals surface area contributed by atoms with E-state index in [1.807, 2.05) is 0 Å². The van der Waals surface area contributed by atoms with Crippen LogP contribution in [-0.2, 0) is 10.3 Å². The first kappa shape index (κ1) is 24.0. The molecule has 0 aromatic heterocycles. The van der Waals surface area contributed by atoms with Crippen molar-refractivity contribution in [2.75, 3.05) is 19.4 Å². The number of carbonyl (C=O) groups is 1. The van der Waals surface area contributed by atoms with E-state index in [1.165, 1.54) is 24.9 Å². The van der Waals surface area contributed by atoms with Gasteiger partial charge in [-0.05, 0) is 24.6 Å². The smallest absolute Gasteiger partial charge is 0.257 e. The Morgan fingerprint density at radius 1 is 1.26 bits per heavy atom. The Bertz CT molecular complexity index is 1160. The van der Waals surface area contributed by atoms with Gasteiger partial charge in [0, 0.05) is 42.1 Å². The largest absolute Gasteiger partial charge is 0.392 e. The molecule has 34 heavy (non-hydrogen) atoms. The molecule has 0 bridgehead atoms. The zero-order chi connectivity index (χ0) is 24.3. The highest BCUT2D eigenvalue weighted by Crippen LogP contribution is 2.47. The number of nitrogens with one attached hydrogen (secondary N) is 3. The molecular formula is C24H23F3N4O2S. The van der Waals surface area contributed by atoms with Crippen LogP contribution in [0.2, 0.25) is 0 Å². The molecule has 2 aliphatic heterocycles. The molecule has 0 aliphatic carbocycles. The molecule has 0 saturated carbocycles. The second-order valence-corrected chi connectivity index (χ2v) is 9.03. The Morgan fingerprint density at radius 2 is 2.03 bits per heavy atom. The van der Waals surface area contributed by atoms with E-state index in [1.54, 1.807) is 30.3 Å². The predicted octanol–water partition coefficient (Wildman–Crippen LogP) is 4.15. The van der Waals surface area contributed by atoms with Crippen LogP contribution in [0.1, 0.15) is 22.3 Å². The number of amidine groups is 1. The molecule has 2 aromatic rings. The Morgan fingerprint density at radius 3 is 2.74 bits per heavy atom. The van der Waals surface area contributed by atoms with Crippen molar-refractivity contribution in [3.05, 3.63) is 83.3 Å². The number of fused-ring (bicyclic) bond motifs is 1. The Kier molecular flexibility index (Phi) is 7.08. The van der Waals surface area contributed by atoms with Crippen LogP contribution in [0.25, 0.3) is 0 Å². The highest BCUT2D eigenvalue weighted by molar-refractivity contribution is 8.13.